The number of rotatable bonds is 9. The molecule has 0 atom stereocenters. The van der Waals surface area contributed by atoms with Crippen LogP contribution in [0.1, 0.15) is 12.0 Å². The standard InChI is InChI=1S/C21H21N5O4S2/c1-32(28,29)22-12-7-13-31-21-24-23-19(30-21)18-16-10-5-6-11-17(16)20(27)26(25-18)14-15-8-3-2-4-9-15/h2-6,8-11,22H,7,12-14H2,1H3. The smallest absolute Gasteiger partial charge is 0.276 e. The van der Waals surface area contributed by atoms with Gasteiger partial charge >= 0.3 is 0 Å². The Labute approximate surface area is 188 Å². The largest absolute Gasteiger partial charge is 0.410 e. The van der Waals surface area contributed by atoms with Crippen molar-refractivity contribution in [1.29, 1.82) is 0 Å². The maximum absolute atomic E-state index is 13.0. The Morgan fingerprint density at radius 2 is 1.75 bits per heavy atom. The molecule has 0 aliphatic heterocycles. The van der Waals surface area contributed by atoms with Crippen molar-refractivity contribution in [2.75, 3.05) is 18.6 Å². The summed E-state index contributed by atoms with van der Waals surface area (Å²) in [5.74, 6) is 0.825. The van der Waals surface area contributed by atoms with Gasteiger partial charge in [0.15, 0.2) is 5.69 Å². The first-order chi connectivity index (χ1) is 15.4. The van der Waals surface area contributed by atoms with E-state index in [2.05, 4.69) is 20.0 Å². The number of nitrogens with zero attached hydrogens (tertiary/aromatic N) is 4. The Kier molecular flexibility index (Phi) is 6.68. The van der Waals surface area contributed by atoms with Gasteiger partial charge in [0.2, 0.25) is 10.0 Å². The van der Waals surface area contributed by atoms with E-state index in [-0.39, 0.29) is 11.4 Å². The summed E-state index contributed by atoms with van der Waals surface area (Å²) < 4.78 is 31.9. The summed E-state index contributed by atoms with van der Waals surface area (Å²) in [7, 11) is -3.20. The molecule has 1 N–H and O–H groups in total. The molecule has 9 nitrogen and oxygen atoms in total. The number of nitrogens with one attached hydrogen (secondary N) is 1. The van der Waals surface area contributed by atoms with Crippen LogP contribution in [-0.2, 0) is 16.6 Å². The lowest BCUT2D eigenvalue weighted by Gasteiger charge is -2.09. The predicted molar refractivity (Wildman–Crippen MR) is 123 cm³/mol. The second-order valence-corrected chi connectivity index (χ2v) is 9.96. The average Bonchev–Trinajstić information content (AvgIpc) is 3.24. The minimum Gasteiger partial charge on any atom is -0.410 e. The quantitative estimate of drug-likeness (QED) is 0.292. The Morgan fingerprint density at radius 3 is 2.50 bits per heavy atom. The molecular weight excluding hydrogens is 450 g/mol. The van der Waals surface area contributed by atoms with E-state index in [1.807, 2.05) is 36.4 Å². The highest BCUT2D eigenvalue weighted by Crippen LogP contribution is 2.26. The van der Waals surface area contributed by atoms with Crippen molar-refractivity contribution < 1.29 is 12.8 Å². The lowest BCUT2D eigenvalue weighted by atomic mass is 10.1. The molecule has 0 saturated heterocycles. The maximum Gasteiger partial charge on any atom is 0.276 e. The molecule has 0 bridgehead atoms. The molecule has 0 radical (unpaired) electrons. The fraction of sp³-hybridized carbons (Fsp3) is 0.238. The summed E-state index contributed by atoms with van der Waals surface area (Å²) in [6.45, 7) is 0.657. The van der Waals surface area contributed by atoms with Gasteiger partial charge in [0.05, 0.1) is 18.2 Å². The van der Waals surface area contributed by atoms with Gasteiger partial charge in [0, 0.05) is 17.7 Å². The van der Waals surface area contributed by atoms with Gasteiger partial charge in [0.25, 0.3) is 16.7 Å². The molecule has 0 aliphatic rings. The maximum atomic E-state index is 13.0. The molecule has 2 aromatic carbocycles. The topological polar surface area (TPSA) is 120 Å². The molecule has 0 aliphatic carbocycles. The SMILES string of the molecule is CS(=O)(=O)NCCCSc1nnc(-c2nn(Cc3ccccc3)c(=O)c3ccccc23)o1. The van der Waals surface area contributed by atoms with E-state index in [1.54, 1.807) is 18.2 Å². The first-order valence-electron chi connectivity index (χ1n) is 9.86. The molecule has 32 heavy (non-hydrogen) atoms. The van der Waals surface area contributed by atoms with Crippen LogP contribution in [0.5, 0.6) is 0 Å². The monoisotopic (exact) mass is 471 g/mol. The van der Waals surface area contributed by atoms with Crippen LogP contribution in [0.15, 0.2) is 69.0 Å². The summed E-state index contributed by atoms with van der Waals surface area (Å²) in [6.07, 6.45) is 1.73. The summed E-state index contributed by atoms with van der Waals surface area (Å²) in [5.41, 5.74) is 1.20. The van der Waals surface area contributed by atoms with Crippen LogP contribution in [-0.4, -0.2) is 46.9 Å². The van der Waals surface area contributed by atoms with Crippen LogP contribution in [0.2, 0.25) is 0 Å². The van der Waals surface area contributed by atoms with E-state index in [9.17, 15) is 13.2 Å². The number of fused-ring (bicyclic) bond motifs is 1. The second kappa shape index (κ2) is 9.63. The van der Waals surface area contributed by atoms with Gasteiger partial charge in [-0.25, -0.2) is 17.8 Å². The van der Waals surface area contributed by atoms with Gasteiger partial charge in [-0.05, 0) is 18.1 Å². The van der Waals surface area contributed by atoms with Gasteiger partial charge in [-0.1, -0.05) is 60.3 Å². The fourth-order valence-corrected chi connectivity index (χ4v) is 4.32. The van der Waals surface area contributed by atoms with Crippen LogP contribution in [0.4, 0.5) is 0 Å². The third-order valence-electron chi connectivity index (χ3n) is 4.56. The van der Waals surface area contributed by atoms with Crippen molar-refractivity contribution in [3.63, 3.8) is 0 Å². The fourth-order valence-electron chi connectivity index (χ4n) is 3.11. The molecule has 4 rings (SSSR count). The van der Waals surface area contributed by atoms with Crippen LogP contribution < -0.4 is 10.3 Å². The van der Waals surface area contributed by atoms with Crippen LogP contribution in [0.25, 0.3) is 22.4 Å². The number of aromatic nitrogens is 4. The van der Waals surface area contributed by atoms with Gasteiger partial charge in [-0.3, -0.25) is 4.79 Å². The average molecular weight is 472 g/mol. The van der Waals surface area contributed by atoms with Crippen LogP contribution in [0.3, 0.4) is 0 Å². The summed E-state index contributed by atoms with van der Waals surface area (Å²) >= 11 is 1.33. The van der Waals surface area contributed by atoms with E-state index in [4.69, 9.17) is 4.42 Å². The third kappa shape index (κ3) is 5.42. The summed E-state index contributed by atoms with van der Waals surface area (Å²) in [4.78, 5) is 13.0. The van der Waals surface area contributed by atoms with E-state index < -0.39 is 10.0 Å². The molecule has 4 aromatic rings. The minimum atomic E-state index is -3.20. The van der Waals surface area contributed by atoms with Crippen molar-refractivity contribution in [2.45, 2.75) is 18.2 Å². The minimum absolute atomic E-state index is 0.194. The van der Waals surface area contributed by atoms with Crippen molar-refractivity contribution in [3.05, 3.63) is 70.5 Å². The third-order valence-corrected chi connectivity index (χ3v) is 6.20. The Bertz CT molecular complexity index is 1380. The van der Waals surface area contributed by atoms with Gasteiger partial charge in [-0.15, -0.1) is 10.2 Å². The lowest BCUT2D eigenvalue weighted by molar-refractivity contribution is 0.462. The summed E-state index contributed by atoms with van der Waals surface area (Å²) in [5, 5.41) is 14.2. The van der Waals surface area contributed by atoms with Gasteiger partial charge < -0.3 is 4.42 Å². The van der Waals surface area contributed by atoms with E-state index in [1.165, 1.54) is 16.4 Å². The van der Waals surface area contributed by atoms with Crippen LogP contribution in [0, 0.1) is 0 Å². The first kappa shape index (κ1) is 22.2. The highest BCUT2D eigenvalue weighted by Gasteiger charge is 2.18. The molecule has 166 valence electrons. The molecule has 0 saturated carbocycles. The molecule has 2 aromatic heterocycles. The van der Waals surface area contributed by atoms with Crippen LogP contribution >= 0.6 is 11.8 Å². The Morgan fingerprint density at radius 1 is 1.03 bits per heavy atom. The Balaban J connectivity index is 1.59. The van der Waals surface area contributed by atoms with E-state index >= 15 is 0 Å². The number of hydrogen-bond acceptors (Lipinski definition) is 8. The van der Waals surface area contributed by atoms with Crippen molar-refractivity contribution >= 4 is 32.6 Å². The normalized spacial score (nSPS) is 11.8. The molecule has 11 heteroatoms. The van der Waals surface area contributed by atoms with E-state index in [0.29, 0.717) is 47.0 Å². The Hall–Kier alpha value is -3.02. The zero-order valence-electron chi connectivity index (χ0n) is 17.3. The van der Waals surface area contributed by atoms with Crippen molar-refractivity contribution in [2.24, 2.45) is 0 Å². The highest BCUT2D eigenvalue weighted by atomic mass is 32.2. The number of hydrogen-bond donors (Lipinski definition) is 1. The molecule has 2 heterocycles. The molecule has 0 amide bonds. The zero-order chi connectivity index (χ0) is 22.6. The first-order valence-corrected chi connectivity index (χ1v) is 12.7. The van der Waals surface area contributed by atoms with Gasteiger partial charge in [-0.2, -0.15) is 5.10 Å². The lowest BCUT2D eigenvalue weighted by Crippen LogP contribution is -2.24. The molecule has 0 fully saturated rings. The number of sulfonamides is 1. The number of benzene rings is 2. The van der Waals surface area contributed by atoms with Crippen molar-refractivity contribution in [3.8, 4) is 11.6 Å². The predicted octanol–water partition coefficient (Wildman–Crippen LogP) is 2.53. The zero-order valence-corrected chi connectivity index (χ0v) is 18.9. The molecule has 0 unspecified atom stereocenters. The number of thioether (sulfide) groups is 1. The molecule has 0 spiro atoms. The van der Waals surface area contributed by atoms with E-state index in [0.717, 1.165) is 11.8 Å². The van der Waals surface area contributed by atoms with Crippen molar-refractivity contribution in [1.82, 2.24) is 24.7 Å². The van der Waals surface area contributed by atoms with Gasteiger partial charge in [0.1, 0.15) is 0 Å². The second-order valence-electron chi connectivity index (χ2n) is 7.08. The summed E-state index contributed by atoms with van der Waals surface area (Å²) in [6, 6.07) is 16.8. The molecular formula is C21H21N5O4S2. The highest BCUT2D eigenvalue weighted by molar-refractivity contribution is 7.99.